The molecule has 9 heteroatoms. The second-order valence-electron chi connectivity index (χ2n) is 10.7. The molecule has 204 valence electrons. The van der Waals surface area contributed by atoms with E-state index in [0.717, 1.165) is 54.4 Å². The topological polar surface area (TPSA) is 86.3 Å². The number of aryl methyl sites for hydroxylation is 2. The highest BCUT2D eigenvalue weighted by atomic mass is 19.1. The number of halogens is 1. The number of fused-ring (bicyclic) bond motifs is 1. The Balaban J connectivity index is 1.51. The molecule has 5 rings (SSSR count). The molecule has 0 bridgehead atoms. The molecule has 0 unspecified atom stereocenters. The summed E-state index contributed by atoms with van der Waals surface area (Å²) in [5, 5.41) is 3.11. The van der Waals surface area contributed by atoms with Gasteiger partial charge in [0.25, 0.3) is 11.5 Å². The number of aromatic nitrogens is 3. The van der Waals surface area contributed by atoms with E-state index in [4.69, 9.17) is 4.98 Å². The number of benzene rings is 1. The van der Waals surface area contributed by atoms with Gasteiger partial charge in [0.1, 0.15) is 11.6 Å². The molecule has 1 aliphatic heterocycles. The van der Waals surface area contributed by atoms with Gasteiger partial charge in [0, 0.05) is 73.4 Å². The highest BCUT2D eigenvalue weighted by Gasteiger charge is 2.22. The van der Waals surface area contributed by atoms with Gasteiger partial charge in [0.15, 0.2) is 0 Å². The molecule has 3 aromatic heterocycles. The minimum atomic E-state index is -0.455. The van der Waals surface area contributed by atoms with E-state index in [-0.39, 0.29) is 29.1 Å². The molecule has 1 saturated heterocycles. The molecule has 1 aromatic carbocycles. The Morgan fingerprint density at radius 2 is 1.85 bits per heavy atom. The Morgan fingerprint density at radius 1 is 1.10 bits per heavy atom. The second kappa shape index (κ2) is 10.6. The molecule has 0 radical (unpaired) electrons. The predicted octanol–water partition coefficient (Wildman–Crippen LogP) is 4.41. The standard InChI is InChI=1S/C30H35FN6O2/c1-18(2)37-17-25(31)28-23(29(38)33-16-24-19(3)12-20(4)34-30(24)39)13-22(14-26(28)37)21-6-7-27(32-15-21)36-10-8-35(5)9-11-36/h6-7,12-15,17-18H,8-11,16H2,1-5H3,(H,33,38)(H,34,39). The number of rotatable bonds is 6. The van der Waals surface area contributed by atoms with Crippen LogP contribution in [-0.2, 0) is 6.54 Å². The van der Waals surface area contributed by atoms with E-state index in [1.54, 1.807) is 6.07 Å². The van der Waals surface area contributed by atoms with E-state index >= 15 is 4.39 Å². The number of hydrogen-bond acceptors (Lipinski definition) is 5. The molecule has 4 heterocycles. The zero-order valence-electron chi connectivity index (χ0n) is 23.1. The molecular formula is C30H35FN6O2. The van der Waals surface area contributed by atoms with E-state index in [9.17, 15) is 9.59 Å². The Kier molecular flexibility index (Phi) is 7.27. The number of pyridine rings is 2. The molecule has 0 spiro atoms. The van der Waals surface area contributed by atoms with Crippen molar-refractivity contribution in [3.8, 4) is 11.1 Å². The zero-order valence-corrected chi connectivity index (χ0v) is 23.1. The molecule has 0 saturated carbocycles. The number of carbonyl (C=O) groups excluding carboxylic acids is 1. The summed E-state index contributed by atoms with van der Waals surface area (Å²) in [5.74, 6) is 0.0214. The SMILES string of the molecule is Cc1cc(C)c(CNC(=O)c2cc(-c3ccc(N4CCN(C)CC4)nc3)cc3c2c(F)cn3C(C)C)c(=O)[nH]1. The van der Waals surface area contributed by atoms with Crippen LogP contribution in [0.15, 0.2) is 47.5 Å². The van der Waals surface area contributed by atoms with Crippen molar-refractivity contribution in [2.24, 2.45) is 0 Å². The van der Waals surface area contributed by atoms with E-state index in [0.29, 0.717) is 11.1 Å². The lowest BCUT2D eigenvalue weighted by Gasteiger charge is -2.33. The first-order valence-electron chi connectivity index (χ1n) is 13.3. The summed E-state index contributed by atoms with van der Waals surface area (Å²) in [5.41, 5.74) is 4.26. The van der Waals surface area contributed by atoms with Gasteiger partial charge in [-0.25, -0.2) is 9.37 Å². The summed E-state index contributed by atoms with van der Waals surface area (Å²) in [7, 11) is 2.12. The molecule has 8 nitrogen and oxygen atoms in total. The Bertz CT molecular complexity index is 1580. The van der Waals surface area contributed by atoms with Crippen molar-refractivity contribution >= 4 is 22.6 Å². The van der Waals surface area contributed by atoms with Gasteiger partial charge in [-0.3, -0.25) is 9.59 Å². The lowest BCUT2D eigenvalue weighted by Crippen LogP contribution is -2.44. The number of amides is 1. The van der Waals surface area contributed by atoms with Gasteiger partial charge in [0.2, 0.25) is 0 Å². The van der Waals surface area contributed by atoms with Crippen LogP contribution in [0, 0.1) is 19.7 Å². The highest BCUT2D eigenvalue weighted by Crippen LogP contribution is 2.33. The van der Waals surface area contributed by atoms with Crippen LogP contribution >= 0.6 is 0 Å². The number of nitrogens with one attached hydrogen (secondary N) is 2. The van der Waals surface area contributed by atoms with Gasteiger partial charge >= 0.3 is 0 Å². The molecule has 2 N–H and O–H groups in total. The molecule has 0 atom stereocenters. The van der Waals surface area contributed by atoms with Crippen LogP contribution in [0.25, 0.3) is 22.0 Å². The Labute approximate surface area is 227 Å². The fraction of sp³-hybridized carbons (Fsp3) is 0.367. The number of anilines is 1. The average molecular weight is 531 g/mol. The van der Waals surface area contributed by atoms with Gasteiger partial charge in [-0.05, 0) is 76.2 Å². The van der Waals surface area contributed by atoms with Crippen LogP contribution in [-0.4, -0.2) is 58.6 Å². The number of nitrogens with zero attached hydrogens (tertiary/aromatic N) is 4. The van der Waals surface area contributed by atoms with Crippen molar-refractivity contribution in [2.75, 3.05) is 38.1 Å². The van der Waals surface area contributed by atoms with Gasteiger partial charge in [-0.1, -0.05) is 0 Å². The van der Waals surface area contributed by atoms with E-state index in [1.165, 1.54) is 6.20 Å². The van der Waals surface area contributed by atoms with Crippen molar-refractivity contribution in [1.82, 2.24) is 24.8 Å². The van der Waals surface area contributed by atoms with Gasteiger partial charge < -0.3 is 24.7 Å². The van der Waals surface area contributed by atoms with Crippen molar-refractivity contribution < 1.29 is 9.18 Å². The van der Waals surface area contributed by atoms with E-state index in [1.807, 2.05) is 62.7 Å². The quantitative estimate of drug-likeness (QED) is 0.386. The third kappa shape index (κ3) is 5.31. The number of likely N-dealkylation sites (N-methyl/N-ethyl adjacent to an activating group) is 1. The minimum Gasteiger partial charge on any atom is -0.354 e. The predicted molar refractivity (Wildman–Crippen MR) is 153 cm³/mol. The van der Waals surface area contributed by atoms with Crippen LogP contribution in [0.4, 0.5) is 10.2 Å². The fourth-order valence-electron chi connectivity index (χ4n) is 5.26. The monoisotopic (exact) mass is 530 g/mol. The van der Waals surface area contributed by atoms with Gasteiger partial charge in [-0.15, -0.1) is 0 Å². The van der Waals surface area contributed by atoms with E-state index in [2.05, 4.69) is 27.1 Å². The first-order chi connectivity index (χ1) is 18.6. The third-order valence-electron chi connectivity index (χ3n) is 7.52. The zero-order chi connectivity index (χ0) is 27.8. The minimum absolute atomic E-state index is 0.00494. The number of piperazine rings is 1. The molecular weight excluding hydrogens is 495 g/mol. The van der Waals surface area contributed by atoms with Crippen molar-refractivity contribution in [3.05, 3.63) is 81.3 Å². The first-order valence-corrected chi connectivity index (χ1v) is 13.3. The van der Waals surface area contributed by atoms with Crippen molar-refractivity contribution in [3.63, 3.8) is 0 Å². The third-order valence-corrected chi connectivity index (χ3v) is 7.52. The maximum Gasteiger partial charge on any atom is 0.253 e. The Hall–Kier alpha value is -3.98. The maximum atomic E-state index is 15.3. The summed E-state index contributed by atoms with van der Waals surface area (Å²) >= 11 is 0. The van der Waals surface area contributed by atoms with Crippen LogP contribution in [0.3, 0.4) is 0 Å². The molecule has 1 fully saturated rings. The average Bonchev–Trinajstić information content (AvgIpc) is 3.24. The van der Waals surface area contributed by atoms with E-state index < -0.39 is 11.7 Å². The summed E-state index contributed by atoms with van der Waals surface area (Å²) in [6.07, 6.45) is 3.25. The molecule has 1 aliphatic rings. The van der Waals surface area contributed by atoms with Crippen LogP contribution < -0.4 is 15.8 Å². The first kappa shape index (κ1) is 26.6. The number of aromatic amines is 1. The summed E-state index contributed by atoms with van der Waals surface area (Å²) < 4.78 is 17.1. The number of carbonyl (C=O) groups is 1. The fourth-order valence-corrected chi connectivity index (χ4v) is 5.26. The number of hydrogen-bond donors (Lipinski definition) is 2. The second-order valence-corrected chi connectivity index (χ2v) is 10.7. The molecule has 4 aromatic rings. The van der Waals surface area contributed by atoms with Crippen molar-refractivity contribution in [1.29, 1.82) is 0 Å². The number of H-pyrrole nitrogens is 1. The van der Waals surface area contributed by atoms with Crippen molar-refractivity contribution in [2.45, 2.75) is 40.3 Å². The van der Waals surface area contributed by atoms with Gasteiger partial charge in [-0.2, -0.15) is 0 Å². The highest BCUT2D eigenvalue weighted by molar-refractivity contribution is 6.08. The molecule has 0 aliphatic carbocycles. The Morgan fingerprint density at radius 3 is 2.49 bits per heavy atom. The summed E-state index contributed by atoms with van der Waals surface area (Å²) in [6.45, 7) is 11.5. The lowest BCUT2D eigenvalue weighted by molar-refractivity contribution is 0.0952. The molecule has 1 amide bonds. The lowest BCUT2D eigenvalue weighted by atomic mass is 10.00. The molecule has 39 heavy (non-hydrogen) atoms. The summed E-state index contributed by atoms with van der Waals surface area (Å²) in [6, 6.07) is 9.48. The normalized spacial score (nSPS) is 14.4. The van der Waals surface area contributed by atoms with Crippen LogP contribution in [0.1, 0.15) is 47.1 Å². The largest absolute Gasteiger partial charge is 0.354 e. The van der Waals surface area contributed by atoms with Crippen LogP contribution in [0.2, 0.25) is 0 Å². The smallest absolute Gasteiger partial charge is 0.253 e. The van der Waals surface area contributed by atoms with Crippen LogP contribution in [0.5, 0.6) is 0 Å². The van der Waals surface area contributed by atoms with Gasteiger partial charge in [0.05, 0.1) is 11.1 Å². The summed E-state index contributed by atoms with van der Waals surface area (Å²) in [4.78, 5) is 38.0. The maximum absolute atomic E-state index is 15.3.